The molecule has 1 N–H and O–H groups in total. The number of aldehydes is 1. The third-order valence-electron chi connectivity index (χ3n) is 2.68. The smallest absolute Gasteiger partial charge is 0.270 e. The van der Waals surface area contributed by atoms with E-state index >= 15 is 0 Å². The van der Waals surface area contributed by atoms with Gasteiger partial charge in [0.15, 0.2) is 0 Å². The molecule has 1 heterocycles. The standard InChI is InChI=1S/C8H7N.C7H5NO3/c1-2-4-8-7(3-1)5-6-9-8;9-5-6-2-1-3-7(4-6)8(10)11/h1-6,9H;1-5H. The van der Waals surface area contributed by atoms with Gasteiger partial charge >= 0.3 is 0 Å². The van der Waals surface area contributed by atoms with E-state index in [4.69, 9.17) is 0 Å². The Morgan fingerprint density at radius 1 is 1.05 bits per heavy atom. The van der Waals surface area contributed by atoms with Crippen molar-refractivity contribution in [1.82, 2.24) is 4.98 Å². The minimum absolute atomic E-state index is 0.0606. The zero-order valence-corrected chi connectivity index (χ0v) is 10.5. The van der Waals surface area contributed by atoms with Crippen LogP contribution in [0.15, 0.2) is 60.8 Å². The highest BCUT2D eigenvalue weighted by atomic mass is 16.6. The Labute approximate surface area is 115 Å². The van der Waals surface area contributed by atoms with E-state index in [1.165, 1.54) is 35.2 Å². The van der Waals surface area contributed by atoms with Crippen LogP contribution in [0.3, 0.4) is 0 Å². The first-order chi connectivity index (χ1) is 9.70. The second kappa shape index (κ2) is 6.29. The van der Waals surface area contributed by atoms with E-state index in [0.717, 1.165) is 0 Å². The molecule has 5 nitrogen and oxygen atoms in total. The highest BCUT2D eigenvalue weighted by Gasteiger charge is 2.03. The number of carbonyl (C=O) groups excluding carboxylic acids is 1. The van der Waals surface area contributed by atoms with Gasteiger partial charge in [0, 0.05) is 29.4 Å². The molecule has 1 aromatic heterocycles. The van der Waals surface area contributed by atoms with Crippen LogP contribution in [0.25, 0.3) is 10.9 Å². The van der Waals surface area contributed by atoms with Crippen molar-refractivity contribution in [2.45, 2.75) is 0 Å². The van der Waals surface area contributed by atoms with Crippen LogP contribution < -0.4 is 0 Å². The number of para-hydroxylation sites is 1. The SMILES string of the molecule is O=Cc1cccc([N+](=O)[O-])c1.c1ccc2[nH]ccc2c1. The molecule has 3 rings (SSSR count). The van der Waals surface area contributed by atoms with E-state index in [1.54, 1.807) is 0 Å². The lowest BCUT2D eigenvalue weighted by molar-refractivity contribution is -0.384. The molecule has 20 heavy (non-hydrogen) atoms. The van der Waals surface area contributed by atoms with Crippen LogP contribution in [0.2, 0.25) is 0 Å². The maximum Gasteiger partial charge on any atom is 0.270 e. The fraction of sp³-hybridized carbons (Fsp3) is 0. The molecule has 0 atom stereocenters. The van der Waals surface area contributed by atoms with Gasteiger partial charge in [-0.2, -0.15) is 0 Å². The summed E-state index contributed by atoms with van der Waals surface area (Å²) in [7, 11) is 0. The van der Waals surface area contributed by atoms with Gasteiger partial charge in [0.2, 0.25) is 0 Å². The number of nitro benzene ring substituents is 1. The van der Waals surface area contributed by atoms with E-state index < -0.39 is 4.92 Å². The summed E-state index contributed by atoms with van der Waals surface area (Å²) in [6, 6.07) is 15.8. The molecule has 3 aromatic rings. The summed E-state index contributed by atoms with van der Waals surface area (Å²) in [6.07, 6.45) is 2.53. The van der Waals surface area contributed by atoms with Crippen LogP contribution in [0, 0.1) is 10.1 Å². The van der Waals surface area contributed by atoms with Gasteiger partial charge in [-0.05, 0) is 17.5 Å². The third kappa shape index (κ3) is 3.29. The molecule has 100 valence electrons. The zero-order valence-electron chi connectivity index (χ0n) is 10.5. The molecule has 0 bridgehead atoms. The van der Waals surface area contributed by atoms with Crippen molar-refractivity contribution >= 4 is 22.9 Å². The second-order valence-electron chi connectivity index (χ2n) is 4.03. The van der Waals surface area contributed by atoms with E-state index in [9.17, 15) is 14.9 Å². The number of nitrogens with zero attached hydrogens (tertiary/aromatic N) is 1. The molecule has 2 aromatic carbocycles. The van der Waals surface area contributed by atoms with Crippen molar-refractivity contribution in [2.75, 3.05) is 0 Å². The molecule has 0 aliphatic heterocycles. The lowest BCUT2D eigenvalue weighted by Crippen LogP contribution is -1.88. The van der Waals surface area contributed by atoms with Gasteiger partial charge in [0.05, 0.1) is 4.92 Å². The first kappa shape index (κ1) is 13.5. The number of carbonyl (C=O) groups is 1. The number of aromatic amines is 1. The number of rotatable bonds is 2. The molecular weight excluding hydrogens is 256 g/mol. The van der Waals surface area contributed by atoms with Crippen LogP contribution >= 0.6 is 0 Å². The van der Waals surface area contributed by atoms with E-state index in [1.807, 2.05) is 18.3 Å². The summed E-state index contributed by atoms with van der Waals surface area (Å²) in [6.45, 7) is 0. The number of nitro groups is 1. The molecule has 0 radical (unpaired) electrons. The molecule has 0 saturated carbocycles. The Bertz CT molecular complexity index is 704. The fourth-order valence-corrected chi connectivity index (χ4v) is 1.71. The van der Waals surface area contributed by atoms with Crippen molar-refractivity contribution in [2.24, 2.45) is 0 Å². The number of hydrogen-bond acceptors (Lipinski definition) is 3. The maximum absolute atomic E-state index is 10.2. The molecule has 0 unspecified atom stereocenters. The highest BCUT2D eigenvalue weighted by Crippen LogP contribution is 2.11. The van der Waals surface area contributed by atoms with Crippen molar-refractivity contribution in [3.8, 4) is 0 Å². The lowest BCUT2D eigenvalue weighted by atomic mass is 10.2. The summed E-state index contributed by atoms with van der Waals surface area (Å²) < 4.78 is 0. The van der Waals surface area contributed by atoms with Crippen molar-refractivity contribution in [3.05, 3.63) is 76.5 Å². The number of non-ortho nitro benzene ring substituents is 1. The normalized spacial score (nSPS) is 9.60. The Kier molecular flexibility index (Phi) is 4.24. The molecule has 0 fully saturated rings. The first-order valence-corrected chi connectivity index (χ1v) is 5.92. The lowest BCUT2D eigenvalue weighted by Gasteiger charge is -1.90. The molecule has 0 amide bonds. The molecule has 5 heteroatoms. The molecular formula is C15H12N2O3. The summed E-state index contributed by atoms with van der Waals surface area (Å²) >= 11 is 0. The van der Waals surface area contributed by atoms with Crippen LogP contribution in [0.5, 0.6) is 0 Å². The molecule has 0 spiro atoms. The molecule has 0 saturated heterocycles. The minimum atomic E-state index is -0.535. The summed E-state index contributed by atoms with van der Waals surface area (Å²) in [5, 5.41) is 11.4. The summed E-state index contributed by atoms with van der Waals surface area (Å²) in [5.74, 6) is 0. The van der Waals surface area contributed by atoms with Gasteiger partial charge < -0.3 is 4.98 Å². The largest absolute Gasteiger partial charge is 0.361 e. The van der Waals surface area contributed by atoms with Crippen LogP contribution in [-0.2, 0) is 0 Å². The predicted molar refractivity (Wildman–Crippen MR) is 76.8 cm³/mol. The Morgan fingerprint density at radius 3 is 2.55 bits per heavy atom. The van der Waals surface area contributed by atoms with Crippen LogP contribution in [-0.4, -0.2) is 16.2 Å². The Morgan fingerprint density at radius 2 is 1.85 bits per heavy atom. The number of aromatic nitrogens is 1. The number of benzene rings is 2. The number of hydrogen-bond donors (Lipinski definition) is 1. The molecule has 0 aliphatic carbocycles. The third-order valence-corrected chi connectivity index (χ3v) is 2.68. The summed E-state index contributed by atoms with van der Waals surface area (Å²) in [4.78, 5) is 22.9. The van der Waals surface area contributed by atoms with Crippen molar-refractivity contribution < 1.29 is 9.72 Å². The minimum Gasteiger partial charge on any atom is -0.361 e. The van der Waals surface area contributed by atoms with Gasteiger partial charge in [0.25, 0.3) is 5.69 Å². The monoisotopic (exact) mass is 268 g/mol. The van der Waals surface area contributed by atoms with Gasteiger partial charge in [-0.15, -0.1) is 0 Å². The van der Waals surface area contributed by atoms with E-state index in [0.29, 0.717) is 11.8 Å². The second-order valence-corrected chi connectivity index (χ2v) is 4.03. The molecule has 0 aliphatic rings. The van der Waals surface area contributed by atoms with Gasteiger partial charge in [0.1, 0.15) is 6.29 Å². The van der Waals surface area contributed by atoms with Crippen LogP contribution in [0.1, 0.15) is 10.4 Å². The van der Waals surface area contributed by atoms with E-state index in [2.05, 4.69) is 23.2 Å². The first-order valence-electron chi connectivity index (χ1n) is 5.92. The van der Waals surface area contributed by atoms with Crippen molar-refractivity contribution in [1.29, 1.82) is 0 Å². The van der Waals surface area contributed by atoms with Gasteiger partial charge in [-0.1, -0.05) is 30.3 Å². The van der Waals surface area contributed by atoms with Crippen LogP contribution in [0.4, 0.5) is 5.69 Å². The average Bonchev–Trinajstić information content (AvgIpc) is 2.96. The topological polar surface area (TPSA) is 76.0 Å². The highest BCUT2D eigenvalue weighted by molar-refractivity contribution is 5.78. The number of fused-ring (bicyclic) bond motifs is 1. The van der Waals surface area contributed by atoms with Crippen molar-refractivity contribution in [3.63, 3.8) is 0 Å². The predicted octanol–water partition coefficient (Wildman–Crippen LogP) is 3.58. The Balaban J connectivity index is 0.000000149. The van der Waals surface area contributed by atoms with Gasteiger partial charge in [-0.25, -0.2) is 0 Å². The fourth-order valence-electron chi connectivity index (χ4n) is 1.71. The quantitative estimate of drug-likeness (QED) is 0.438. The van der Waals surface area contributed by atoms with E-state index in [-0.39, 0.29) is 5.69 Å². The Hall–Kier alpha value is -2.95. The average molecular weight is 268 g/mol. The van der Waals surface area contributed by atoms with Gasteiger partial charge in [-0.3, -0.25) is 14.9 Å². The number of nitrogens with one attached hydrogen (secondary N) is 1. The number of H-pyrrole nitrogens is 1. The summed E-state index contributed by atoms with van der Waals surface area (Å²) in [5.41, 5.74) is 1.46. The maximum atomic E-state index is 10.2. The zero-order chi connectivity index (χ0) is 14.4.